The van der Waals surface area contributed by atoms with Crippen molar-refractivity contribution in [2.24, 2.45) is 5.92 Å². The summed E-state index contributed by atoms with van der Waals surface area (Å²) in [6.45, 7) is 7.82. The van der Waals surface area contributed by atoms with Crippen LogP contribution in [-0.4, -0.2) is 73.5 Å². The number of benzene rings is 1. The summed E-state index contributed by atoms with van der Waals surface area (Å²) in [4.78, 5) is 17.3. The van der Waals surface area contributed by atoms with Crippen LogP contribution in [0, 0.1) is 5.92 Å². The van der Waals surface area contributed by atoms with Crippen LogP contribution < -0.4 is 0 Å². The van der Waals surface area contributed by atoms with E-state index in [1.54, 1.807) is 0 Å². The highest BCUT2D eigenvalue weighted by Crippen LogP contribution is 2.28. The van der Waals surface area contributed by atoms with Crippen LogP contribution in [0.3, 0.4) is 0 Å². The molecule has 0 bridgehead atoms. The Bertz CT molecular complexity index is 809. The molecule has 8 heteroatoms. The van der Waals surface area contributed by atoms with E-state index in [9.17, 15) is 13.2 Å². The van der Waals surface area contributed by atoms with Crippen molar-refractivity contribution in [2.45, 2.75) is 39.2 Å². The van der Waals surface area contributed by atoms with E-state index in [-0.39, 0.29) is 23.6 Å². The average Bonchev–Trinajstić information content (AvgIpc) is 2.73. The Morgan fingerprint density at radius 3 is 2.52 bits per heavy atom. The Kier molecular flexibility index (Phi) is 7.59. The van der Waals surface area contributed by atoms with Gasteiger partial charge in [-0.1, -0.05) is 36.7 Å². The highest BCUT2D eigenvalue weighted by molar-refractivity contribution is 7.89. The summed E-state index contributed by atoms with van der Waals surface area (Å²) < 4.78 is 26.3. The first-order valence-electron chi connectivity index (χ1n) is 10.6. The molecule has 1 aromatic carbocycles. The quantitative estimate of drug-likeness (QED) is 0.680. The van der Waals surface area contributed by atoms with Crippen molar-refractivity contribution < 1.29 is 13.2 Å². The lowest BCUT2D eigenvalue weighted by Crippen LogP contribution is -2.53. The van der Waals surface area contributed by atoms with Crippen LogP contribution in [-0.2, 0) is 14.8 Å². The van der Waals surface area contributed by atoms with Gasteiger partial charge in [-0.2, -0.15) is 0 Å². The van der Waals surface area contributed by atoms with Crippen LogP contribution in [0.1, 0.15) is 44.7 Å². The van der Waals surface area contributed by atoms with E-state index in [0.717, 1.165) is 36.5 Å². The normalized spacial score (nSPS) is 23.1. The molecule has 0 spiro atoms. The van der Waals surface area contributed by atoms with Gasteiger partial charge in [-0.15, -0.1) is 0 Å². The molecule has 2 unspecified atom stereocenters. The van der Waals surface area contributed by atoms with E-state index in [1.165, 1.54) is 4.31 Å². The fourth-order valence-corrected chi connectivity index (χ4v) is 6.26. The predicted octanol–water partition coefficient (Wildman–Crippen LogP) is 3.00. The zero-order valence-electron chi connectivity index (χ0n) is 17.4. The molecule has 0 N–H and O–H groups in total. The molecule has 162 valence electrons. The summed E-state index contributed by atoms with van der Waals surface area (Å²) in [5.41, 5.74) is 1.11. The van der Waals surface area contributed by atoms with Gasteiger partial charge in [-0.25, -0.2) is 12.7 Å². The Labute approximate surface area is 179 Å². The number of carbonyl (C=O) groups is 1. The largest absolute Gasteiger partial charge is 0.340 e. The monoisotopic (exact) mass is 441 g/mol. The lowest BCUT2D eigenvalue weighted by Gasteiger charge is -2.40. The second-order valence-electron chi connectivity index (χ2n) is 8.07. The first-order chi connectivity index (χ1) is 13.8. The number of nitrogens with zero attached hydrogens (tertiary/aromatic N) is 3. The molecule has 29 heavy (non-hydrogen) atoms. The molecular weight excluding hydrogens is 410 g/mol. The molecule has 0 saturated carbocycles. The summed E-state index contributed by atoms with van der Waals surface area (Å²) in [5.74, 6) is 0.0429. The molecule has 2 atom stereocenters. The molecule has 0 radical (unpaired) electrons. The van der Waals surface area contributed by atoms with Crippen molar-refractivity contribution >= 4 is 27.5 Å². The zero-order chi connectivity index (χ0) is 21.0. The van der Waals surface area contributed by atoms with Crippen molar-refractivity contribution in [1.82, 2.24) is 14.1 Å². The highest BCUT2D eigenvalue weighted by Gasteiger charge is 2.35. The number of halogens is 1. The van der Waals surface area contributed by atoms with Crippen molar-refractivity contribution in [3.63, 3.8) is 0 Å². The van der Waals surface area contributed by atoms with Gasteiger partial charge in [0.15, 0.2) is 0 Å². The summed E-state index contributed by atoms with van der Waals surface area (Å²) in [7, 11) is -3.24. The molecule has 2 saturated heterocycles. The molecular formula is C21H32ClN3O3S. The van der Waals surface area contributed by atoms with E-state index in [0.29, 0.717) is 32.6 Å². The molecule has 2 heterocycles. The van der Waals surface area contributed by atoms with Crippen LogP contribution in [0.25, 0.3) is 0 Å². The minimum Gasteiger partial charge on any atom is -0.340 e. The molecule has 3 rings (SSSR count). The van der Waals surface area contributed by atoms with E-state index in [4.69, 9.17) is 11.6 Å². The number of carbonyl (C=O) groups excluding carboxylic acids is 1. The number of piperidine rings is 1. The highest BCUT2D eigenvalue weighted by atomic mass is 35.5. The van der Waals surface area contributed by atoms with E-state index in [2.05, 4.69) is 17.9 Å². The van der Waals surface area contributed by atoms with Crippen LogP contribution in [0.5, 0.6) is 0 Å². The minimum atomic E-state index is -3.24. The van der Waals surface area contributed by atoms with Crippen molar-refractivity contribution in [3.8, 4) is 0 Å². The van der Waals surface area contributed by atoms with Gasteiger partial charge < -0.3 is 4.90 Å². The number of hydrogen-bond donors (Lipinski definition) is 0. The second kappa shape index (κ2) is 9.77. The average molecular weight is 442 g/mol. The molecule has 2 aliphatic rings. The lowest BCUT2D eigenvalue weighted by molar-refractivity contribution is -0.138. The zero-order valence-corrected chi connectivity index (χ0v) is 19.0. The smallest absolute Gasteiger partial charge is 0.227 e. The third-order valence-electron chi connectivity index (χ3n) is 6.12. The van der Waals surface area contributed by atoms with Gasteiger partial charge in [-0.05, 0) is 37.8 Å². The van der Waals surface area contributed by atoms with Crippen molar-refractivity contribution in [2.75, 3.05) is 45.0 Å². The minimum absolute atomic E-state index is 0.103. The number of piperazine rings is 1. The van der Waals surface area contributed by atoms with Crippen molar-refractivity contribution in [3.05, 3.63) is 34.9 Å². The number of hydrogen-bond acceptors (Lipinski definition) is 4. The molecule has 0 aliphatic carbocycles. The Morgan fingerprint density at radius 2 is 1.86 bits per heavy atom. The second-order valence-corrected chi connectivity index (χ2v) is 10.6. The third-order valence-corrected chi connectivity index (χ3v) is 8.50. The molecule has 2 aliphatic heterocycles. The van der Waals surface area contributed by atoms with Gasteiger partial charge in [0.25, 0.3) is 0 Å². The van der Waals surface area contributed by atoms with E-state index in [1.807, 2.05) is 30.0 Å². The molecule has 0 aromatic heterocycles. The van der Waals surface area contributed by atoms with Gasteiger partial charge in [-0.3, -0.25) is 9.69 Å². The maximum atomic E-state index is 13.0. The summed E-state index contributed by atoms with van der Waals surface area (Å²) in [5, 5.41) is 0.772. The maximum absolute atomic E-state index is 13.0. The van der Waals surface area contributed by atoms with Gasteiger partial charge in [0.05, 0.1) is 11.7 Å². The van der Waals surface area contributed by atoms with Gasteiger partial charge >= 0.3 is 0 Å². The molecule has 1 aromatic rings. The van der Waals surface area contributed by atoms with Gasteiger partial charge in [0, 0.05) is 50.3 Å². The van der Waals surface area contributed by atoms with Crippen LogP contribution in [0.4, 0.5) is 0 Å². The first kappa shape index (κ1) is 22.5. The number of sulfonamides is 1. The molecule has 6 nitrogen and oxygen atoms in total. The summed E-state index contributed by atoms with van der Waals surface area (Å²) in [6, 6.07) is 8.10. The molecule has 1 amide bonds. The maximum Gasteiger partial charge on any atom is 0.227 e. The fraction of sp³-hybridized carbons (Fsp3) is 0.667. The SMILES string of the molecule is CCCS(=O)(=O)N1CCCC(C(=O)N2CCN(C(C)c3ccccc3Cl)CC2)C1. The van der Waals surface area contributed by atoms with Crippen LogP contribution in [0.15, 0.2) is 24.3 Å². The van der Waals surface area contributed by atoms with Crippen LogP contribution in [0.2, 0.25) is 5.02 Å². The molecule has 2 fully saturated rings. The van der Waals surface area contributed by atoms with Crippen LogP contribution >= 0.6 is 11.6 Å². The first-order valence-corrected chi connectivity index (χ1v) is 12.6. The Morgan fingerprint density at radius 1 is 1.17 bits per heavy atom. The lowest BCUT2D eigenvalue weighted by atomic mass is 9.97. The number of rotatable bonds is 6. The van der Waals surface area contributed by atoms with Crippen molar-refractivity contribution in [1.29, 1.82) is 0 Å². The van der Waals surface area contributed by atoms with E-state index >= 15 is 0 Å². The fourth-order valence-electron chi connectivity index (χ4n) is 4.38. The van der Waals surface area contributed by atoms with Gasteiger partial charge in [0.2, 0.25) is 15.9 Å². The Balaban J connectivity index is 1.56. The third kappa shape index (κ3) is 5.32. The Hall–Kier alpha value is -1.15. The van der Waals surface area contributed by atoms with Gasteiger partial charge in [0.1, 0.15) is 0 Å². The summed E-state index contributed by atoms with van der Waals surface area (Å²) >= 11 is 6.35. The van der Waals surface area contributed by atoms with E-state index < -0.39 is 10.0 Å². The topological polar surface area (TPSA) is 60.9 Å². The standard InChI is InChI=1S/C21H32ClN3O3S/c1-3-15-29(27,28)25-10-6-7-18(16-25)21(26)24-13-11-23(12-14-24)17(2)19-8-4-5-9-20(19)22/h4-5,8-9,17-18H,3,6-7,10-16H2,1-2H3. The number of amides is 1. The summed E-state index contributed by atoms with van der Waals surface area (Å²) in [6.07, 6.45) is 2.12. The predicted molar refractivity (Wildman–Crippen MR) is 116 cm³/mol.